The van der Waals surface area contributed by atoms with Gasteiger partial charge in [-0.3, -0.25) is 10.6 Å². The summed E-state index contributed by atoms with van der Waals surface area (Å²) in [6.45, 7) is 0.0234. The summed E-state index contributed by atoms with van der Waals surface area (Å²) in [4.78, 5) is 12.0. The van der Waals surface area contributed by atoms with E-state index in [1.807, 2.05) is 0 Å². The fourth-order valence-electron chi connectivity index (χ4n) is 1.63. The number of anilines is 1. The number of nitrogens with one attached hydrogen (secondary N) is 2. The van der Waals surface area contributed by atoms with E-state index in [1.165, 1.54) is 12.3 Å². The van der Waals surface area contributed by atoms with Crippen molar-refractivity contribution in [1.82, 2.24) is 10.5 Å². The Morgan fingerprint density at radius 1 is 1.33 bits per heavy atom. The van der Waals surface area contributed by atoms with Gasteiger partial charge in [0.2, 0.25) is 0 Å². The van der Waals surface area contributed by atoms with E-state index in [1.54, 1.807) is 0 Å². The van der Waals surface area contributed by atoms with Gasteiger partial charge in [-0.15, -0.1) is 0 Å². The molecule has 1 amide bonds. The smallest absolute Gasteiger partial charge is 0.364 e. The highest BCUT2D eigenvalue weighted by Crippen LogP contribution is 2.31. The summed E-state index contributed by atoms with van der Waals surface area (Å²) in [5.74, 6) is 4.49. The minimum atomic E-state index is -4.55. The van der Waals surface area contributed by atoms with Crippen LogP contribution in [-0.2, 0) is 12.7 Å². The number of rotatable bonds is 4. The van der Waals surface area contributed by atoms with E-state index in [0.717, 1.165) is 18.2 Å². The minimum Gasteiger partial charge on any atom is -0.364 e. The van der Waals surface area contributed by atoms with Gasteiger partial charge in [0.15, 0.2) is 0 Å². The van der Waals surface area contributed by atoms with Crippen molar-refractivity contribution in [3.63, 3.8) is 0 Å². The standard InChI is InChI=1S/C12H11F3N4O2/c13-12(14,15)7-1-2-10(18-16)9(5-7)11(20)17-6-8-3-4-21-19-8/h1-5,18H,6,16H2,(H,17,20). The Morgan fingerprint density at radius 3 is 2.67 bits per heavy atom. The molecule has 0 unspecified atom stereocenters. The number of carbonyl (C=O) groups is 1. The van der Waals surface area contributed by atoms with Gasteiger partial charge in [-0.2, -0.15) is 13.2 Å². The Bertz CT molecular complexity index is 626. The van der Waals surface area contributed by atoms with Crippen molar-refractivity contribution < 1.29 is 22.5 Å². The molecule has 6 nitrogen and oxygen atoms in total. The quantitative estimate of drug-likeness (QED) is 0.592. The highest BCUT2D eigenvalue weighted by Gasteiger charge is 2.31. The number of hydrogen-bond acceptors (Lipinski definition) is 5. The van der Waals surface area contributed by atoms with E-state index in [4.69, 9.17) is 5.84 Å². The third kappa shape index (κ3) is 3.51. The summed E-state index contributed by atoms with van der Waals surface area (Å²) >= 11 is 0. The van der Waals surface area contributed by atoms with Crippen molar-refractivity contribution in [3.05, 3.63) is 47.3 Å². The molecular weight excluding hydrogens is 289 g/mol. The number of nitrogens with zero attached hydrogens (tertiary/aromatic N) is 1. The Hall–Kier alpha value is -2.55. The van der Waals surface area contributed by atoms with Gasteiger partial charge in [0.1, 0.15) is 12.0 Å². The first kappa shape index (κ1) is 14.9. The average Bonchev–Trinajstić information content (AvgIpc) is 2.96. The maximum Gasteiger partial charge on any atom is 0.416 e. The number of amides is 1. The molecule has 21 heavy (non-hydrogen) atoms. The van der Waals surface area contributed by atoms with E-state index in [2.05, 4.69) is 20.4 Å². The molecule has 0 aliphatic heterocycles. The molecule has 112 valence electrons. The first-order valence-corrected chi connectivity index (χ1v) is 5.77. The molecule has 1 aromatic heterocycles. The maximum atomic E-state index is 12.7. The Labute approximate surface area is 117 Å². The number of alkyl halides is 3. The number of hydrogen-bond donors (Lipinski definition) is 3. The molecule has 2 aromatic rings. The summed E-state index contributed by atoms with van der Waals surface area (Å²) in [5, 5.41) is 6.00. The Morgan fingerprint density at radius 2 is 2.10 bits per heavy atom. The highest BCUT2D eigenvalue weighted by molar-refractivity contribution is 5.99. The molecular formula is C12H11F3N4O2. The lowest BCUT2D eigenvalue weighted by Gasteiger charge is -2.12. The predicted octanol–water partition coefficient (Wildman–Crippen LogP) is 1.91. The van der Waals surface area contributed by atoms with E-state index < -0.39 is 17.6 Å². The molecule has 1 heterocycles. The number of halogens is 3. The van der Waals surface area contributed by atoms with Crippen LogP contribution in [0.1, 0.15) is 21.6 Å². The predicted molar refractivity (Wildman–Crippen MR) is 66.9 cm³/mol. The second kappa shape index (κ2) is 5.83. The third-order valence-electron chi connectivity index (χ3n) is 2.67. The van der Waals surface area contributed by atoms with Crippen LogP contribution in [-0.4, -0.2) is 11.1 Å². The fraction of sp³-hybridized carbons (Fsp3) is 0.167. The molecule has 0 bridgehead atoms. The highest BCUT2D eigenvalue weighted by atomic mass is 19.4. The minimum absolute atomic E-state index is 0.0234. The normalized spacial score (nSPS) is 11.2. The monoisotopic (exact) mass is 300 g/mol. The fourth-order valence-corrected chi connectivity index (χ4v) is 1.63. The first-order chi connectivity index (χ1) is 9.91. The Balaban J connectivity index is 2.21. The van der Waals surface area contributed by atoms with Gasteiger partial charge in [0.25, 0.3) is 5.91 Å². The number of aromatic nitrogens is 1. The lowest BCUT2D eigenvalue weighted by Crippen LogP contribution is -2.25. The van der Waals surface area contributed by atoms with Crippen LogP contribution in [0.15, 0.2) is 35.1 Å². The number of hydrazine groups is 1. The molecule has 0 aliphatic rings. The molecule has 4 N–H and O–H groups in total. The topological polar surface area (TPSA) is 93.2 Å². The van der Waals surface area contributed by atoms with Gasteiger partial charge in [-0.1, -0.05) is 5.16 Å². The van der Waals surface area contributed by atoms with Crippen molar-refractivity contribution in [2.45, 2.75) is 12.7 Å². The van der Waals surface area contributed by atoms with E-state index in [9.17, 15) is 18.0 Å². The lowest BCUT2D eigenvalue weighted by atomic mass is 10.1. The zero-order valence-electron chi connectivity index (χ0n) is 10.6. The van der Waals surface area contributed by atoms with Gasteiger partial charge in [0.05, 0.1) is 23.4 Å². The van der Waals surface area contributed by atoms with Gasteiger partial charge < -0.3 is 15.3 Å². The van der Waals surface area contributed by atoms with Crippen LogP contribution < -0.4 is 16.6 Å². The molecule has 0 spiro atoms. The van der Waals surface area contributed by atoms with E-state index in [0.29, 0.717) is 5.69 Å². The van der Waals surface area contributed by atoms with Gasteiger partial charge in [-0.25, -0.2) is 0 Å². The van der Waals surface area contributed by atoms with Crippen molar-refractivity contribution in [1.29, 1.82) is 0 Å². The van der Waals surface area contributed by atoms with Crippen LogP contribution in [0.3, 0.4) is 0 Å². The van der Waals surface area contributed by atoms with Crippen LogP contribution in [0.4, 0.5) is 18.9 Å². The largest absolute Gasteiger partial charge is 0.416 e. The van der Waals surface area contributed by atoms with E-state index >= 15 is 0 Å². The average molecular weight is 300 g/mol. The van der Waals surface area contributed by atoms with Crippen LogP contribution >= 0.6 is 0 Å². The first-order valence-electron chi connectivity index (χ1n) is 5.77. The van der Waals surface area contributed by atoms with E-state index in [-0.39, 0.29) is 17.8 Å². The van der Waals surface area contributed by atoms with Crippen molar-refractivity contribution in [3.8, 4) is 0 Å². The molecule has 0 aliphatic carbocycles. The number of nitrogen functional groups attached to an aromatic ring is 1. The molecule has 0 atom stereocenters. The molecule has 0 saturated heterocycles. The zero-order chi connectivity index (χ0) is 15.5. The van der Waals surface area contributed by atoms with Gasteiger partial charge >= 0.3 is 6.18 Å². The summed E-state index contributed by atoms with van der Waals surface area (Å²) in [7, 11) is 0. The number of benzene rings is 1. The molecule has 0 saturated carbocycles. The Kier molecular flexibility index (Phi) is 4.13. The summed E-state index contributed by atoms with van der Waals surface area (Å²) < 4.78 is 42.6. The van der Waals surface area contributed by atoms with Crippen LogP contribution in [0.2, 0.25) is 0 Å². The molecule has 1 aromatic carbocycles. The summed E-state index contributed by atoms with van der Waals surface area (Å²) in [6.07, 6.45) is -3.23. The number of carbonyl (C=O) groups excluding carboxylic acids is 1. The van der Waals surface area contributed by atoms with Crippen LogP contribution in [0.5, 0.6) is 0 Å². The molecule has 0 radical (unpaired) electrons. The SMILES string of the molecule is NNc1ccc(C(F)(F)F)cc1C(=O)NCc1ccon1. The molecule has 2 rings (SSSR count). The number of nitrogens with two attached hydrogens (primary N) is 1. The second-order valence-electron chi connectivity index (χ2n) is 4.08. The van der Waals surface area contributed by atoms with Crippen LogP contribution in [0, 0.1) is 0 Å². The van der Waals surface area contributed by atoms with Crippen LogP contribution in [0.25, 0.3) is 0 Å². The van der Waals surface area contributed by atoms with Crippen molar-refractivity contribution >= 4 is 11.6 Å². The summed E-state index contributed by atoms with van der Waals surface area (Å²) in [6, 6.07) is 4.18. The summed E-state index contributed by atoms with van der Waals surface area (Å²) in [5.41, 5.74) is 1.56. The molecule has 9 heteroatoms. The third-order valence-corrected chi connectivity index (χ3v) is 2.67. The van der Waals surface area contributed by atoms with Crippen molar-refractivity contribution in [2.75, 3.05) is 5.43 Å². The lowest BCUT2D eigenvalue weighted by molar-refractivity contribution is -0.137. The zero-order valence-corrected chi connectivity index (χ0v) is 10.6. The van der Waals surface area contributed by atoms with Gasteiger partial charge in [-0.05, 0) is 18.2 Å². The maximum absolute atomic E-state index is 12.7. The van der Waals surface area contributed by atoms with Crippen molar-refractivity contribution in [2.24, 2.45) is 5.84 Å². The second-order valence-corrected chi connectivity index (χ2v) is 4.08. The van der Waals surface area contributed by atoms with Gasteiger partial charge in [0, 0.05) is 6.07 Å². The molecule has 0 fully saturated rings.